The van der Waals surface area contributed by atoms with Gasteiger partial charge in [0.2, 0.25) is 0 Å². The molecule has 0 spiro atoms. The molecule has 0 N–H and O–H groups in total. The molecule has 0 amide bonds. The molecule has 4 fully saturated rings. The molecule has 0 bridgehead atoms. The zero-order valence-corrected chi connectivity index (χ0v) is 23.5. The van der Waals surface area contributed by atoms with E-state index in [9.17, 15) is 4.79 Å². The highest BCUT2D eigenvalue weighted by Gasteiger charge is 2.67. The summed E-state index contributed by atoms with van der Waals surface area (Å²) in [5, 5.41) is -0.0476. The van der Waals surface area contributed by atoms with Crippen LogP contribution in [-0.2, 0) is 9.53 Å². The molecule has 4 heteroatoms. The lowest BCUT2D eigenvalue weighted by molar-refractivity contribution is -0.156. The molecule has 4 saturated carbocycles. The van der Waals surface area contributed by atoms with E-state index in [1.807, 2.05) is 0 Å². The van der Waals surface area contributed by atoms with Crippen molar-refractivity contribution in [1.29, 1.82) is 0 Å². The van der Waals surface area contributed by atoms with Crippen LogP contribution in [0.3, 0.4) is 0 Å². The maximum Gasteiger partial charge on any atom is 0.302 e. The first-order chi connectivity index (χ1) is 15.4. The molecule has 0 saturated heterocycles. The first-order valence-corrected chi connectivity index (χ1v) is 14.7. The number of hydrogen-bond acceptors (Lipinski definition) is 2. The van der Waals surface area contributed by atoms with E-state index in [0.717, 1.165) is 42.9 Å². The summed E-state index contributed by atoms with van der Waals surface area (Å²) in [4.78, 5) is 11.1. The van der Waals surface area contributed by atoms with Gasteiger partial charge in [0.25, 0.3) is 0 Å². The van der Waals surface area contributed by atoms with Crippen molar-refractivity contribution in [3.05, 3.63) is 0 Å². The Labute approximate surface area is 213 Å². The zero-order chi connectivity index (χ0) is 24.2. The Kier molecular flexibility index (Phi) is 7.52. The number of ether oxygens (including phenoxy) is 1. The van der Waals surface area contributed by atoms with Crippen LogP contribution >= 0.6 is 23.2 Å². The number of carbonyl (C=O) groups is 1. The molecule has 190 valence electrons. The average molecular weight is 500 g/mol. The van der Waals surface area contributed by atoms with Crippen LogP contribution in [0.4, 0.5) is 0 Å². The number of carbonyl (C=O) groups excluding carboxylic acids is 1. The Morgan fingerprint density at radius 3 is 2.42 bits per heavy atom. The number of esters is 1. The molecule has 0 aromatic rings. The molecule has 4 rings (SSSR count). The lowest BCUT2D eigenvalue weighted by atomic mass is 9.44. The molecule has 0 aromatic heterocycles. The molecule has 33 heavy (non-hydrogen) atoms. The van der Waals surface area contributed by atoms with Crippen LogP contribution in [0.15, 0.2) is 0 Å². The molecule has 4 aliphatic carbocycles. The highest BCUT2D eigenvalue weighted by Crippen LogP contribution is 2.71. The van der Waals surface area contributed by atoms with Gasteiger partial charge in [0.15, 0.2) is 0 Å². The van der Waals surface area contributed by atoms with Crippen molar-refractivity contribution < 1.29 is 9.53 Å². The van der Waals surface area contributed by atoms with Gasteiger partial charge in [0.1, 0.15) is 6.10 Å². The number of halogens is 2. The van der Waals surface area contributed by atoms with Gasteiger partial charge in [-0.05, 0) is 91.3 Å². The maximum atomic E-state index is 11.6. The number of alkyl halides is 2. The van der Waals surface area contributed by atoms with Gasteiger partial charge in [-0.1, -0.05) is 53.9 Å². The number of rotatable bonds is 6. The molecule has 10 atom stereocenters. The van der Waals surface area contributed by atoms with Gasteiger partial charge >= 0.3 is 5.97 Å². The smallest absolute Gasteiger partial charge is 0.302 e. The summed E-state index contributed by atoms with van der Waals surface area (Å²) in [7, 11) is 0. The van der Waals surface area contributed by atoms with Crippen LogP contribution in [0.1, 0.15) is 112 Å². The molecule has 2 nitrogen and oxygen atoms in total. The van der Waals surface area contributed by atoms with Crippen molar-refractivity contribution in [3.63, 3.8) is 0 Å². The summed E-state index contributed by atoms with van der Waals surface area (Å²) in [6.07, 6.45) is 13.2. The Hall–Kier alpha value is 0.0500. The Bertz CT molecular complexity index is 724. The summed E-state index contributed by atoms with van der Waals surface area (Å²) < 4.78 is 5.63. The Morgan fingerprint density at radius 1 is 1.03 bits per heavy atom. The van der Waals surface area contributed by atoms with Crippen LogP contribution in [0, 0.1) is 46.3 Å². The topological polar surface area (TPSA) is 26.3 Å². The minimum Gasteiger partial charge on any atom is -0.462 e. The minimum absolute atomic E-state index is 0.0306. The fraction of sp³-hybridized carbons (Fsp3) is 0.966. The van der Waals surface area contributed by atoms with Gasteiger partial charge in [-0.25, -0.2) is 0 Å². The highest BCUT2D eigenvalue weighted by molar-refractivity contribution is 6.33. The molecular weight excluding hydrogens is 451 g/mol. The molecular formula is C29H48Cl2O2. The van der Waals surface area contributed by atoms with Gasteiger partial charge < -0.3 is 4.74 Å². The van der Waals surface area contributed by atoms with Crippen LogP contribution in [0.2, 0.25) is 0 Å². The van der Waals surface area contributed by atoms with E-state index < -0.39 is 4.87 Å². The summed E-state index contributed by atoms with van der Waals surface area (Å²) in [6.45, 7) is 13.8. The second kappa shape index (κ2) is 9.49. The van der Waals surface area contributed by atoms with E-state index >= 15 is 0 Å². The predicted molar refractivity (Wildman–Crippen MR) is 139 cm³/mol. The summed E-state index contributed by atoms with van der Waals surface area (Å²) in [5.41, 5.74) is 0.496. The van der Waals surface area contributed by atoms with Crippen molar-refractivity contribution in [2.45, 2.75) is 129 Å². The standard InChI is InChI=1S/C29H48Cl2O2/c1-18(2)8-7-9-19(3)23-10-11-24-22-16-26(30)29(31)17-21(33-20(4)32)12-15-28(29,6)25(22)13-14-27(23,24)5/h18-19,21-26H,7-17H2,1-6H3/t19-,21+,22+,23-,24+,25+,26-,27-,28-,29+/m1/s1. The van der Waals surface area contributed by atoms with Crippen molar-refractivity contribution in [1.82, 2.24) is 0 Å². The fourth-order valence-electron chi connectivity index (χ4n) is 9.51. The minimum atomic E-state index is -0.468. The van der Waals surface area contributed by atoms with Crippen molar-refractivity contribution in [3.8, 4) is 0 Å². The Balaban J connectivity index is 1.51. The quantitative estimate of drug-likeness (QED) is 0.270. The normalized spacial score (nSPS) is 48.0. The third-order valence-corrected chi connectivity index (χ3v) is 12.7. The van der Waals surface area contributed by atoms with Crippen LogP contribution in [0.25, 0.3) is 0 Å². The second-order valence-electron chi connectivity index (χ2n) is 13.4. The van der Waals surface area contributed by atoms with Crippen molar-refractivity contribution in [2.75, 3.05) is 0 Å². The second-order valence-corrected chi connectivity index (χ2v) is 14.6. The molecule has 0 aliphatic heterocycles. The molecule has 4 aliphatic rings. The summed E-state index contributed by atoms with van der Waals surface area (Å²) >= 11 is 14.7. The molecule has 0 radical (unpaired) electrons. The first kappa shape index (κ1) is 26.1. The fourth-order valence-corrected chi connectivity index (χ4v) is 10.5. The van der Waals surface area contributed by atoms with Crippen molar-refractivity contribution >= 4 is 29.2 Å². The monoisotopic (exact) mass is 498 g/mol. The molecule has 0 aromatic carbocycles. The number of hydrogen-bond donors (Lipinski definition) is 0. The summed E-state index contributed by atoms with van der Waals surface area (Å²) in [6, 6.07) is 0. The van der Waals surface area contributed by atoms with Gasteiger partial charge in [0, 0.05) is 13.3 Å². The molecule has 0 unspecified atom stereocenters. The van der Waals surface area contributed by atoms with Gasteiger partial charge in [-0.3, -0.25) is 4.79 Å². The average Bonchev–Trinajstić information content (AvgIpc) is 3.07. The van der Waals surface area contributed by atoms with Crippen LogP contribution in [-0.4, -0.2) is 22.3 Å². The Morgan fingerprint density at radius 2 is 1.76 bits per heavy atom. The largest absolute Gasteiger partial charge is 0.462 e. The molecule has 0 heterocycles. The van der Waals surface area contributed by atoms with Crippen LogP contribution < -0.4 is 0 Å². The van der Waals surface area contributed by atoms with E-state index in [1.165, 1.54) is 51.9 Å². The lowest BCUT2D eigenvalue weighted by Crippen LogP contribution is -2.65. The predicted octanol–water partition coefficient (Wildman–Crippen LogP) is 8.62. The zero-order valence-electron chi connectivity index (χ0n) is 22.0. The van der Waals surface area contributed by atoms with Gasteiger partial charge in [-0.2, -0.15) is 0 Å². The van der Waals surface area contributed by atoms with E-state index in [0.29, 0.717) is 23.7 Å². The first-order valence-electron chi connectivity index (χ1n) is 13.9. The number of fused-ring (bicyclic) bond motifs is 5. The van der Waals surface area contributed by atoms with E-state index in [2.05, 4.69) is 34.6 Å². The van der Waals surface area contributed by atoms with E-state index in [4.69, 9.17) is 27.9 Å². The van der Waals surface area contributed by atoms with E-state index in [1.54, 1.807) is 0 Å². The third kappa shape index (κ3) is 4.41. The lowest BCUT2D eigenvalue weighted by Gasteiger charge is -2.65. The maximum absolute atomic E-state index is 11.6. The highest BCUT2D eigenvalue weighted by atomic mass is 35.5. The SMILES string of the molecule is CC(=O)O[C@H]1CC[C@]2(C)[C@H]3CC[C@]4(C)[C@@H]([C@H](C)CCCC(C)C)CC[C@H]4[C@@H]3C[C@@H](Cl)[C@@]2(Cl)C1. The van der Waals surface area contributed by atoms with Gasteiger partial charge in [0.05, 0.1) is 10.3 Å². The van der Waals surface area contributed by atoms with Gasteiger partial charge in [-0.15, -0.1) is 23.2 Å². The van der Waals surface area contributed by atoms with E-state index in [-0.39, 0.29) is 22.9 Å². The van der Waals surface area contributed by atoms with Crippen molar-refractivity contribution in [2.24, 2.45) is 46.3 Å². The third-order valence-electron chi connectivity index (χ3n) is 11.2. The van der Waals surface area contributed by atoms with Crippen LogP contribution in [0.5, 0.6) is 0 Å². The summed E-state index contributed by atoms with van der Waals surface area (Å²) in [5.74, 6) is 4.44.